The number of nitrogens with zero attached hydrogens (tertiary/aromatic N) is 2. The summed E-state index contributed by atoms with van der Waals surface area (Å²) in [6.45, 7) is 4.15. The summed E-state index contributed by atoms with van der Waals surface area (Å²) in [5.74, 6) is 0. The van der Waals surface area contributed by atoms with E-state index in [0.717, 1.165) is 5.16 Å². The van der Waals surface area contributed by atoms with Crippen molar-refractivity contribution in [3.8, 4) is 0 Å². The zero-order chi connectivity index (χ0) is 8.97. The Bertz CT molecular complexity index is 253. The summed E-state index contributed by atoms with van der Waals surface area (Å²) in [6.07, 6.45) is 1.67. The summed E-state index contributed by atoms with van der Waals surface area (Å²) in [6, 6.07) is 1.71. The Kier molecular flexibility index (Phi) is 3.49. The van der Waals surface area contributed by atoms with Crippen LogP contribution in [0.3, 0.4) is 0 Å². The minimum absolute atomic E-state index is 0.0197. The molecule has 0 aromatic carbocycles. The molecule has 0 fully saturated rings. The van der Waals surface area contributed by atoms with Crippen molar-refractivity contribution in [3.05, 3.63) is 18.0 Å². The van der Waals surface area contributed by atoms with Gasteiger partial charge in [0.15, 0.2) is 5.16 Å². The zero-order valence-electron chi connectivity index (χ0n) is 7.19. The highest BCUT2D eigenvalue weighted by atomic mass is 32.2. The number of aromatic nitrogens is 2. The highest BCUT2D eigenvalue weighted by molar-refractivity contribution is 7.99. The van der Waals surface area contributed by atoms with Crippen molar-refractivity contribution >= 4 is 11.8 Å². The van der Waals surface area contributed by atoms with Gasteiger partial charge in [0.05, 0.1) is 12.3 Å². The van der Waals surface area contributed by atoms with E-state index in [4.69, 9.17) is 5.11 Å². The summed E-state index contributed by atoms with van der Waals surface area (Å²) in [4.78, 5) is 8.20. The molecule has 1 N–H and O–H groups in total. The van der Waals surface area contributed by atoms with Crippen molar-refractivity contribution in [3.63, 3.8) is 0 Å². The molecule has 0 radical (unpaired) electrons. The number of aliphatic hydroxyl groups is 1. The number of hydrogen-bond acceptors (Lipinski definition) is 4. The molecule has 0 spiro atoms. The molecule has 0 saturated carbocycles. The first-order valence-corrected chi connectivity index (χ1v) is 4.69. The van der Waals surface area contributed by atoms with Crippen LogP contribution in [-0.4, -0.2) is 20.3 Å². The van der Waals surface area contributed by atoms with Crippen LogP contribution in [-0.2, 0) is 6.61 Å². The Labute approximate surface area is 76.2 Å². The molecule has 66 valence electrons. The maximum atomic E-state index is 8.80. The lowest BCUT2D eigenvalue weighted by Gasteiger charge is -2.02. The Morgan fingerprint density at radius 3 is 2.92 bits per heavy atom. The number of rotatable bonds is 3. The van der Waals surface area contributed by atoms with E-state index in [0.29, 0.717) is 10.9 Å². The Morgan fingerprint density at radius 1 is 1.58 bits per heavy atom. The second kappa shape index (κ2) is 4.42. The average molecular weight is 184 g/mol. The molecule has 4 heteroatoms. The molecule has 0 unspecified atom stereocenters. The van der Waals surface area contributed by atoms with Crippen LogP contribution in [0.5, 0.6) is 0 Å². The van der Waals surface area contributed by atoms with Gasteiger partial charge in [0.25, 0.3) is 0 Å². The summed E-state index contributed by atoms with van der Waals surface area (Å²) in [5.41, 5.74) is 0.674. The Balaban J connectivity index is 2.72. The minimum atomic E-state index is -0.0197. The molecule has 1 aromatic heterocycles. The third-order valence-corrected chi connectivity index (χ3v) is 2.07. The second-order valence-corrected chi connectivity index (χ2v) is 4.20. The van der Waals surface area contributed by atoms with Crippen LogP contribution < -0.4 is 0 Å². The molecule has 1 heterocycles. The highest BCUT2D eigenvalue weighted by Gasteiger charge is 2.01. The fourth-order valence-corrected chi connectivity index (χ4v) is 1.45. The molecule has 3 nitrogen and oxygen atoms in total. The summed E-state index contributed by atoms with van der Waals surface area (Å²) < 4.78 is 0. The molecule has 12 heavy (non-hydrogen) atoms. The quantitative estimate of drug-likeness (QED) is 0.571. The van der Waals surface area contributed by atoms with Crippen molar-refractivity contribution in [2.24, 2.45) is 0 Å². The van der Waals surface area contributed by atoms with Gasteiger partial charge in [0.1, 0.15) is 0 Å². The molecular formula is C8H12N2OS. The molecular weight excluding hydrogens is 172 g/mol. The summed E-state index contributed by atoms with van der Waals surface area (Å²) in [5, 5.41) is 10.0. The van der Waals surface area contributed by atoms with Crippen LogP contribution in [0.4, 0.5) is 0 Å². The van der Waals surface area contributed by atoms with Gasteiger partial charge in [-0.15, -0.1) is 0 Å². The lowest BCUT2D eigenvalue weighted by Crippen LogP contribution is -1.96. The molecule has 0 bridgehead atoms. The third-order valence-electron chi connectivity index (χ3n) is 1.19. The van der Waals surface area contributed by atoms with E-state index in [1.54, 1.807) is 24.0 Å². The Morgan fingerprint density at radius 2 is 2.33 bits per heavy atom. The maximum Gasteiger partial charge on any atom is 0.188 e. The van der Waals surface area contributed by atoms with Crippen molar-refractivity contribution < 1.29 is 5.11 Å². The number of thioether (sulfide) groups is 1. The molecule has 0 saturated heterocycles. The largest absolute Gasteiger partial charge is 0.390 e. The lowest BCUT2D eigenvalue weighted by molar-refractivity contribution is 0.275. The van der Waals surface area contributed by atoms with Crippen molar-refractivity contribution in [1.82, 2.24) is 9.97 Å². The van der Waals surface area contributed by atoms with Gasteiger partial charge in [0, 0.05) is 11.4 Å². The van der Waals surface area contributed by atoms with Crippen LogP contribution in [0.1, 0.15) is 19.5 Å². The first-order valence-electron chi connectivity index (χ1n) is 3.82. The molecule has 0 aliphatic carbocycles. The third kappa shape index (κ3) is 2.79. The van der Waals surface area contributed by atoms with E-state index < -0.39 is 0 Å². The SMILES string of the molecule is CC(C)Sc1nccc(CO)n1. The molecule has 0 aliphatic heterocycles. The molecule has 1 rings (SSSR count). The van der Waals surface area contributed by atoms with Gasteiger partial charge in [-0.05, 0) is 6.07 Å². The normalized spacial score (nSPS) is 10.7. The number of aliphatic hydroxyl groups excluding tert-OH is 1. The molecule has 0 aliphatic rings. The summed E-state index contributed by atoms with van der Waals surface area (Å²) >= 11 is 1.59. The predicted molar refractivity (Wildman–Crippen MR) is 48.9 cm³/mol. The van der Waals surface area contributed by atoms with Gasteiger partial charge >= 0.3 is 0 Å². The average Bonchev–Trinajstić information content (AvgIpc) is 2.03. The van der Waals surface area contributed by atoms with E-state index in [1.807, 2.05) is 0 Å². The lowest BCUT2D eigenvalue weighted by atomic mass is 10.4. The van der Waals surface area contributed by atoms with E-state index in [2.05, 4.69) is 23.8 Å². The smallest absolute Gasteiger partial charge is 0.188 e. The van der Waals surface area contributed by atoms with E-state index >= 15 is 0 Å². The van der Waals surface area contributed by atoms with E-state index in [-0.39, 0.29) is 6.61 Å². The highest BCUT2D eigenvalue weighted by Crippen LogP contribution is 2.17. The maximum absolute atomic E-state index is 8.80. The predicted octanol–water partition coefficient (Wildman–Crippen LogP) is 1.47. The van der Waals surface area contributed by atoms with Gasteiger partial charge in [-0.1, -0.05) is 25.6 Å². The second-order valence-electron chi connectivity index (χ2n) is 2.66. The van der Waals surface area contributed by atoms with Crippen molar-refractivity contribution in [1.29, 1.82) is 0 Å². The molecule has 0 atom stereocenters. The van der Waals surface area contributed by atoms with Gasteiger partial charge in [-0.3, -0.25) is 0 Å². The fraction of sp³-hybridized carbons (Fsp3) is 0.500. The van der Waals surface area contributed by atoms with Crippen molar-refractivity contribution in [2.75, 3.05) is 0 Å². The van der Waals surface area contributed by atoms with Gasteiger partial charge < -0.3 is 5.11 Å². The first-order chi connectivity index (χ1) is 5.72. The van der Waals surface area contributed by atoms with E-state index in [1.165, 1.54) is 0 Å². The topological polar surface area (TPSA) is 46.0 Å². The van der Waals surface area contributed by atoms with Crippen LogP contribution in [0.2, 0.25) is 0 Å². The monoisotopic (exact) mass is 184 g/mol. The molecule has 0 amide bonds. The minimum Gasteiger partial charge on any atom is -0.390 e. The fourth-order valence-electron chi connectivity index (χ4n) is 0.732. The number of hydrogen-bond donors (Lipinski definition) is 1. The van der Waals surface area contributed by atoms with E-state index in [9.17, 15) is 0 Å². The van der Waals surface area contributed by atoms with Crippen LogP contribution in [0, 0.1) is 0 Å². The van der Waals surface area contributed by atoms with Crippen molar-refractivity contribution in [2.45, 2.75) is 30.9 Å². The van der Waals surface area contributed by atoms with Gasteiger partial charge in [-0.2, -0.15) is 0 Å². The van der Waals surface area contributed by atoms with Gasteiger partial charge in [-0.25, -0.2) is 9.97 Å². The van der Waals surface area contributed by atoms with Crippen LogP contribution in [0.15, 0.2) is 17.4 Å². The Hall–Kier alpha value is -0.610. The van der Waals surface area contributed by atoms with Gasteiger partial charge in [0.2, 0.25) is 0 Å². The molecule has 1 aromatic rings. The first kappa shape index (κ1) is 9.48. The zero-order valence-corrected chi connectivity index (χ0v) is 8.01. The van der Waals surface area contributed by atoms with Crippen LogP contribution in [0.25, 0.3) is 0 Å². The van der Waals surface area contributed by atoms with Crippen LogP contribution >= 0.6 is 11.8 Å². The standard InChI is InChI=1S/C8H12N2OS/c1-6(2)12-8-9-4-3-7(5-11)10-8/h3-4,6,11H,5H2,1-2H3. The summed E-state index contributed by atoms with van der Waals surface area (Å²) in [7, 11) is 0.